The predicted octanol–water partition coefficient (Wildman–Crippen LogP) is 2.13. The third kappa shape index (κ3) is 3.99. The molecule has 2 aromatic rings. The zero-order valence-electron chi connectivity index (χ0n) is 16.8. The SMILES string of the molecule is CNC(=O)[C@]12C[C@@H](NS(=O)(=O)c3ccc(F)cc3)C[C@H]1CN(Cc1ccccc1)C2. The minimum atomic E-state index is -3.77. The lowest BCUT2D eigenvalue weighted by atomic mass is 9.80. The minimum absolute atomic E-state index is 0.0284. The van der Waals surface area contributed by atoms with E-state index in [9.17, 15) is 17.6 Å². The molecule has 1 aliphatic heterocycles. The summed E-state index contributed by atoms with van der Waals surface area (Å²) in [6.45, 7) is 2.11. The number of carbonyl (C=O) groups excluding carboxylic acids is 1. The number of sulfonamides is 1. The number of nitrogens with zero attached hydrogens (tertiary/aromatic N) is 1. The summed E-state index contributed by atoms with van der Waals surface area (Å²) in [5.74, 6) is -0.449. The zero-order chi connectivity index (χ0) is 21.4. The van der Waals surface area contributed by atoms with E-state index in [1.54, 1.807) is 7.05 Å². The summed E-state index contributed by atoms with van der Waals surface area (Å²) < 4.78 is 41.3. The van der Waals surface area contributed by atoms with Crippen molar-refractivity contribution in [2.45, 2.75) is 30.3 Å². The van der Waals surface area contributed by atoms with E-state index >= 15 is 0 Å². The minimum Gasteiger partial charge on any atom is -0.359 e. The van der Waals surface area contributed by atoms with Crippen LogP contribution in [0.25, 0.3) is 0 Å². The van der Waals surface area contributed by atoms with E-state index in [-0.39, 0.29) is 22.8 Å². The van der Waals surface area contributed by atoms with Crippen molar-refractivity contribution >= 4 is 15.9 Å². The number of carbonyl (C=O) groups is 1. The second-order valence-corrected chi connectivity index (χ2v) is 10.0. The van der Waals surface area contributed by atoms with Gasteiger partial charge in [-0.2, -0.15) is 0 Å². The molecule has 3 atom stereocenters. The molecule has 0 bridgehead atoms. The van der Waals surface area contributed by atoms with E-state index in [0.29, 0.717) is 19.4 Å². The molecule has 1 saturated heterocycles. The molecule has 1 saturated carbocycles. The molecule has 0 spiro atoms. The monoisotopic (exact) mass is 431 g/mol. The van der Waals surface area contributed by atoms with Crippen LogP contribution >= 0.6 is 0 Å². The van der Waals surface area contributed by atoms with E-state index < -0.39 is 21.3 Å². The standard InChI is InChI=1S/C22H26FN3O3S/c1-24-21(27)22-12-19(25-30(28,29)20-9-7-18(23)8-10-20)11-17(22)14-26(15-22)13-16-5-3-2-4-6-16/h2-10,17,19,25H,11-15H2,1H3,(H,24,27)/t17-,19-,22-/m0/s1. The number of rotatable bonds is 6. The first-order chi connectivity index (χ1) is 14.3. The molecule has 1 amide bonds. The number of hydrogen-bond donors (Lipinski definition) is 2. The van der Waals surface area contributed by atoms with Crippen LogP contribution in [-0.2, 0) is 21.4 Å². The fourth-order valence-corrected chi connectivity index (χ4v) is 6.28. The Morgan fingerprint density at radius 3 is 2.53 bits per heavy atom. The average molecular weight is 432 g/mol. The highest BCUT2D eigenvalue weighted by molar-refractivity contribution is 7.89. The normalized spacial score (nSPS) is 26.5. The average Bonchev–Trinajstić information content (AvgIpc) is 3.22. The van der Waals surface area contributed by atoms with E-state index in [4.69, 9.17) is 0 Å². The van der Waals surface area contributed by atoms with Crippen LogP contribution in [0.1, 0.15) is 18.4 Å². The van der Waals surface area contributed by atoms with Crippen molar-refractivity contribution in [2.75, 3.05) is 20.1 Å². The van der Waals surface area contributed by atoms with Crippen molar-refractivity contribution in [1.29, 1.82) is 0 Å². The lowest BCUT2D eigenvalue weighted by molar-refractivity contribution is -0.131. The first-order valence-electron chi connectivity index (χ1n) is 10.1. The van der Waals surface area contributed by atoms with Crippen molar-refractivity contribution in [3.05, 3.63) is 66.0 Å². The van der Waals surface area contributed by atoms with Crippen molar-refractivity contribution in [3.63, 3.8) is 0 Å². The number of nitrogens with one attached hydrogen (secondary N) is 2. The largest absolute Gasteiger partial charge is 0.359 e. The maximum absolute atomic E-state index is 13.1. The van der Waals surface area contributed by atoms with Gasteiger partial charge in [0.15, 0.2) is 0 Å². The molecular formula is C22H26FN3O3S. The maximum atomic E-state index is 13.1. The lowest BCUT2D eigenvalue weighted by Gasteiger charge is -2.27. The van der Waals surface area contributed by atoms with Crippen LogP contribution in [0.3, 0.4) is 0 Å². The second kappa shape index (κ2) is 8.09. The summed E-state index contributed by atoms with van der Waals surface area (Å²) in [7, 11) is -2.15. The molecule has 2 fully saturated rings. The molecule has 2 aliphatic rings. The Kier molecular flexibility index (Phi) is 5.65. The topological polar surface area (TPSA) is 78.5 Å². The molecule has 2 aromatic carbocycles. The fourth-order valence-electron chi connectivity index (χ4n) is 5.03. The van der Waals surface area contributed by atoms with Gasteiger partial charge in [-0.05, 0) is 48.6 Å². The van der Waals surface area contributed by atoms with E-state index in [2.05, 4.69) is 27.1 Å². The van der Waals surface area contributed by atoms with Crippen LogP contribution in [0.4, 0.5) is 4.39 Å². The highest BCUT2D eigenvalue weighted by Crippen LogP contribution is 2.49. The molecule has 2 N–H and O–H groups in total. The highest BCUT2D eigenvalue weighted by Gasteiger charge is 2.57. The Labute approximate surface area is 176 Å². The molecular weight excluding hydrogens is 405 g/mol. The van der Waals surface area contributed by atoms with E-state index in [0.717, 1.165) is 25.2 Å². The molecule has 6 nitrogen and oxygen atoms in total. The maximum Gasteiger partial charge on any atom is 0.240 e. The zero-order valence-corrected chi connectivity index (χ0v) is 17.7. The number of fused-ring (bicyclic) bond motifs is 1. The van der Waals surface area contributed by atoms with Gasteiger partial charge in [0.2, 0.25) is 15.9 Å². The second-order valence-electron chi connectivity index (χ2n) is 8.30. The Morgan fingerprint density at radius 2 is 1.87 bits per heavy atom. The molecule has 1 heterocycles. The molecule has 160 valence electrons. The van der Waals surface area contributed by atoms with Crippen LogP contribution in [0.5, 0.6) is 0 Å². The van der Waals surface area contributed by atoms with Crippen LogP contribution < -0.4 is 10.0 Å². The van der Waals surface area contributed by atoms with Gasteiger partial charge in [0.25, 0.3) is 0 Å². The number of likely N-dealkylation sites (tertiary alicyclic amines) is 1. The third-order valence-electron chi connectivity index (χ3n) is 6.32. The highest BCUT2D eigenvalue weighted by atomic mass is 32.2. The Balaban J connectivity index is 1.49. The van der Waals surface area contributed by atoms with Gasteiger partial charge < -0.3 is 5.32 Å². The van der Waals surface area contributed by atoms with E-state index in [1.807, 2.05) is 18.2 Å². The van der Waals surface area contributed by atoms with E-state index in [1.165, 1.54) is 17.7 Å². The predicted molar refractivity (Wildman–Crippen MR) is 111 cm³/mol. The van der Waals surface area contributed by atoms with Crippen molar-refractivity contribution in [1.82, 2.24) is 14.9 Å². The van der Waals surface area contributed by atoms with Gasteiger partial charge >= 0.3 is 0 Å². The molecule has 0 aromatic heterocycles. The molecule has 8 heteroatoms. The summed E-state index contributed by atoms with van der Waals surface area (Å²) in [4.78, 5) is 15.2. The number of benzene rings is 2. The Morgan fingerprint density at radius 1 is 1.17 bits per heavy atom. The van der Waals surface area contributed by atoms with Crippen molar-refractivity contribution in [2.24, 2.45) is 11.3 Å². The summed E-state index contributed by atoms with van der Waals surface area (Å²) in [6.07, 6.45) is 1.04. The van der Waals surface area contributed by atoms with Crippen molar-refractivity contribution in [3.8, 4) is 0 Å². The first-order valence-corrected chi connectivity index (χ1v) is 11.6. The number of amides is 1. The van der Waals surface area contributed by atoms with Gasteiger partial charge in [0.05, 0.1) is 10.3 Å². The lowest BCUT2D eigenvalue weighted by Crippen LogP contribution is -2.44. The number of halogens is 1. The van der Waals surface area contributed by atoms with Gasteiger partial charge in [0.1, 0.15) is 5.82 Å². The Hall–Kier alpha value is -2.29. The van der Waals surface area contributed by atoms with Crippen LogP contribution in [0.15, 0.2) is 59.5 Å². The summed E-state index contributed by atoms with van der Waals surface area (Å²) >= 11 is 0. The van der Waals surface area contributed by atoms with Crippen LogP contribution in [-0.4, -0.2) is 45.4 Å². The quantitative estimate of drug-likeness (QED) is 0.735. The fraction of sp³-hybridized carbons (Fsp3) is 0.409. The molecule has 4 rings (SSSR count). The molecule has 30 heavy (non-hydrogen) atoms. The molecule has 0 radical (unpaired) electrons. The Bertz CT molecular complexity index is 1010. The third-order valence-corrected chi connectivity index (χ3v) is 7.86. The first kappa shape index (κ1) is 21.0. The smallest absolute Gasteiger partial charge is 0.240 e. The van der Waals surface area contributed by atoms with Gasteiger partial charge in [-0.25, -0.2) is 17.5 Å². The van der Waals surface area contributed by atoms with Crippen LogP contribution in [0, 0.1) is 17.2 Å². The molecule has 1 aliphatic carbocycles. The summed E-state index contributed by atoms with van der Waals surface area (Å²) in [5.41, 5.74) is 0.581. The van der Waals surface area contributed by atoms with Crippen molar-refractivity contribution < 1.29 is 17.6 Å². The van der Waals surface area contributed by atoms with Gasteiger partial charge in [-0.1, -0.05) is 30.3 Å². The van der Waals surface area contributed by atoms with Gasteiger partial charge in [0, 0.05) is 32.7 Å². The summed E-state index contributed by atoms with van der Waals surface area (Å²) in [6, 6.07) is 14.6. The molecule has 0 unspecified atom stereocenters. The number of hydrogen-bond acceptors (Lipinski definition) is 4. The van der Waals surface area contributed by atoms with Gasteiger partial charge in [-0.15, -0.1) is 0 Å². The van der Waals surface area contributed by atoms with Gasteiger partial charge in [-0.3, -0.25) is 9.69 Å². The summed E-state index contributed by atoms with van der Waals surface area (Å²) in [5, 5.41) is 2.79. The van der Waals surface area contributed by atoms with Crippen LogP contribution in [0.2, 0.25) is 0 Å².